The van der Waals surface area contributed by atoms with Gasteiger partial charge in [-0.15, -0.1) is 0 Å². The molecule has 0 unspecified atom stereocenters. The summed E-state index contributed by atoms with van der Waals surface area (Å²) in [6, 6.07) is 14.2. The molecule has 1 aliphatic carbocycles. The topological polar surface area (TPSA) is 103 Å². The third kappa shape index (κ3) is 5.64. The summed E-state index contributed by atoms with van der Waals surface area (Å²) in [5, 5.41) is 17.4. The lowest BCUT2D eigenvalue weighted by Crippen LogP contribution is -2.42. The van der Waals surface area contributed by atoms with E-state index in [1.54, 1.807) is 19.4 Å². The van der Waals surface area contributed by atoms with Gasteiger partial charge in [0.2, 0.25) is 0 Å². The standard InChI is InChI=1S/C28H32N6O2/c1-18(16-29)17-31-26-23-15-20(6-5-19(23)7-12-25(26)36-4)27-30-14-13-24(33-27)28(35)32-21-8-10-22(11-9-21)34(2)3/h5-7,12-15,21-22,31H,1,8-11,17H2,2-4H3,(H,32,35)/t21-,22-. The Bertz CT molecular complexity index is 1310. The zero-order valence-electron chi connectivity index (χ0n) is 21.0. The monoisotopic (exact) mass is 484 g/mol. The minimum atomic E-state index is -0.174. The minimum absolute atomic E-state index is 0.164. The molecule has 0 saturated heterocycles. The number of amides is 1. The molecule has 1 fully saturated rings. The van der Waals surface area contributed by atoms with Crippen LogP contribution < -0.4 is 15.4 Å². The number of carbonyl (C=O) groups is 1. The highest BCUT2D eigenvalue weighted by Gasteiger charge is 2.24. The van der Waals surface area contributed by atoms with Crippen LogP contribution in [0.15, 0.2) is 54.7 Å². The molecule has 8 heteroatoms. The number of hydrogen-bond donors (Lipinski definition) is 2. The first-order chi connectivity index (χ1) is 17.4. The van der Waals surface area contributed by atoms with Crippen LogP contribution in [-0.4, -0.2) is 60.6 Å². The lowest BCUT2D eigenvalue weighted by Gasteiger charge is -2.32. The highest BCUT2D eigenvalue weighted by atomic mass is 16.5. The first-order valence-corrected chi connectivity index (χ1v) is 12.1. The van der Waals surface area contributed by atoms with E-state index in [9.17, 15) is 4.79 Å². The van der Waals surface area contributed by atoms with E-state index >= 15 is 0 Å². The van der Waals surface area contributed by atoms with Crippen LogP contribution in [0.5, 0.6) is 5.75 Å². The Labute approximate surface area is 212 Å². The largest absolute Gasteiger partial charge is 0.495 e. The van der Waals surface area contributed by atoms with Crippen LogP contribution in [0.25, 0.3) is 22.2 Å². The lowest BCUT2D eigenvalue weighted by molar-refractivity contribution is 0.0911. The smallest absolute Gasteiger partial charge is 0.270 e. The maximum absolute atomic E-state index is 13.0. The number of anilines is 1. The quantitative estimate of drug-likeness (QED) is 0.457. The maximum atomic E-state index is 13.0. The second kappa shape index (κ2) is 11.2. The molecule has 0 bridgehead atoms. The van der Waals surface area contributed by atoms with Crippen LogP contribution in [0, 0.1) is 11.3 Å². The Morgan fingerprint density at radius 2 is 1.94 bits per heavy atom. The molecule has 1 saturated carbocycles. The molecule has 1 heterocycles. The van der Waals surface area contributed by atoms with Crippen molar-refractivity contribution < 1.29 is 9.53 Å². The summed E-state index contributed by atoms with van der Waals surface area (Å²) in [5.74, 6) is 0.950. The summed E-state index contributed by atoms with van der Waals surface area (Å²) in [4.78, 5) is 24.2. The van der Waals surface area contributed by atoms with Gasteiger partial charge in [0, 0.05) is 41.3 Å². The van der Waals surface area contributed by atoms with Gasteiger partial charge in [0.25, 0.3) is 5.91 Å². The van der Waals surface area contributed by atoms with Gasteiger partial charge in [0.15, 0.2) is 5.82 Å². The van der Waals surface area contributed by atoms with E-state index in [0.29, 0.717) is 35.4 Å². The van der Waals surface area contributed by atoms with Crippen LogP contribution in [-0.2, 0) is 0 Å². The van der Waals surface area contributed by atoms with Crippen LogP contribution in [0.3, 0.4) is 0 Å². The number of ether oxygens (including phenoxy) is 1. The Balaban J connectivity index is 1.57. The minimum Gasteiger partial charge on any atom is -0.495 e. The van der Waals surface area contributed by atoms with Gasteiger partial charge < -0.3 is 20.3 Å². The first kappa shape index (κ1) is 25.1. The number of nitriles is 1. The number of carbonyl (C=O) groups excluding carboxylic acids is 1. The number of hydrogen-bond acceptors (Lipinski definition) is 7. The SMILES string of the molecule is C=C(C#N)CNc1c(OC)ccc2ccc(-c3nccc(C(=O)N[C@H]4CC[C@H](N(C)C)CC4)n3)cc12. The summed E-state index contributed by atoms with van der Waals surface area (Å²) < 4.78 is 5.55. The molecule has 0 radical (unpaired) electrons. The predicted octanol–water partition coefficient (Wildman–Crippen LogP) is 4.40. The molecule has 3 aromatic rings. The van der Waals surface area contributed by atoms with Crippen LogP contribution in [0.4, 0.5) is 5.69 Å². The number of fused-ring (bicyclic) bond motifs is 1. The van der Waals surface area contributed by atoms with Crippen molar-refractivity contribution in [2.45, 2.75) is 37.8 Å². The molecule has 2 aromatic carbocycles. The summed E-state index contributed by atoms with van der Waals surface area (Å²) in [7, 11) is 5.82. The van der Waals surface area contributed by atoms with Gasteiger partial charge in [-0.25, -0.2) is 9.97 Å². The molecule has 0 spiro atoms. The number of benzene rings is 2. The Kier molecular flexibility index (Phi) is 7.81. The second-order valence-corrected chi connectivity index (χ2v) is 9.36. The molecule has 1 aliphatic rings. The molecule has 0 aliphatic heterocycles. The van der Waals surface area contributed by atoms with Crippen LogP contribution >= 0.6 is 0 Å². The van der Waals surface area contributed by atoms with Crippen molar-refractivity contribution in [2.24, 2.45) is 0 Å². The molecule has 1 amide bonds. The van der Waals surface area contributed by atoms with Crippen molar-refractivity contribution in [3.8, 4) is 23.2 Å². The summed E-state index contributed by atoms with van der Waals surface area (Å²) in [6.07, 6.45) is 5.70. The first-order valence-electron chi connectivity index (χ1n) is 12.1. The number of rotatable bonds is 8. The maximum Gasteiger partial charge on any atom is 0.270 e. The summed E-state index contributed by atoms with van der Waals surface area (Å²) >= 11 is 0. The molecule has 186 valence electrons. The van der Waals surface area contributed by atoms with Gasteiger partial charge in [0.05, 0.1) is 18.9 Å². The molecule has 36 heavy (non-hydrogen) atoms. The molecular formula is C28H32N6O2. The van der Waals surface area contributed by atoms with E-state index in [2.05, 4.69) is 52.2 Å². The van der Waals surface area contributed by atoms with Gasteiger partial charge in [-0.1, -0.05) is 24.8 Å². The van der Waals surface area contributed by atoms with E-state index in [-0.39, 0.29) is 11.9 Å². The molecule has 1 aromatic heterocycles. The molecular weight excluding hydrogens is 452 g/mol. The van der Waals surface area contributed by atoms with E-state index < -0.39 is 0 Å². The van der Waals surface area contributed by atoms with Crippen LogP contribution in [0.2, 0.25) is 0 Å². The number of aromatic nitrogens is 2. The zero-order valence-corrected chi connectivity index (χ0v) is 21.0. The average molecular weight is 485 g/mol. The van der Waals surface area contributed by atoms with Crippen molar-refractivity contribution >= 4 is 22.4 Å². The molecule has 0 atom stereocenters. The molecule has 4 rings (SSSR count). The van der Waals surface area contributed by atoms with Crippen molar-refractivity contribution in [3.63, 3.8) is 0 Å². The Morgan fingerprint density at radius 1 is 1.19 bits per heavy atom. The number of nitrogens with zero attached hydrogens (tertiary/aromatic N) is 4. The van der Waals surface area contributed by atoms with Crippen molar-refractivity contribution in [3.05, 3.63) is 60.4 Å². The third-order valence-corrected chi connectivity index (χ3v) is 6.75. The summed E-state index contributed by atoms with van der Waals surface area (Å²) in [6.45, 7) is 4.05. The molecule has 2 N–H and O–H groups in total. The third-order valence-electron chi connectivity index (χ3n) is 6.75. The van der Waals surface area contributed by atoms with Gasteiger partial charge in [-0.3, -0.25) is 4.79 Å². The fourth-order valence-electron chi connectivity index (χ4n) is 4.65. The Hall–Kier alpha value is -3.96. The van der Waals surface area contributed by atoms with Gasteiger partial charge >= 0.3 is 0 Å². The highest BCUT2D eigenvalue weighted by Crippen LogP contribution is 2.35. The predicted molar refractivity (Wildman–Crippen MR) is 142 cm³/mol. The number of methoxy groups -OCH3 is 1. The van der Waals surface area contributed by atoms with Crippen molar-refractivity contribution in [2.75, 3.05) is 33.1 Å². The van der Waals surface area contributed by atoms with E-state index in [4.69, 9.17) is 10.00 Å². The van der Waals surface area contributed by atoms with E-state index in [0.717, 1.165) is 47.7 Å². The van der Waals surface area contributed by atoms with E-state index in [1.165, 1.54) is 0 Å². The van der Waals surface area contributed by atoms with Crippen molar-refractivity contribution in [1.82, 2.24) is 20.2 Å². The second-order valence-electron chi connectivity index (χ2n) is 9.36. The highest BCUT2D eigenvalue weighted by molar-refractivity contribution is 5.99. The number of nitrogens with one attached hydrogen (secondary N) is 2. The zero-order chi connectivity index (χ0) is 25.7. The fourth-order valence-corrected chi connectivity index (χ4v) is 4.65. The molecule has 8 nitrogen and oxygen atoms in total. The van der Waals surface area contributed by atoms with Crippen LogP contribution in [0.1, 0.15) is 36.2 Å². The summed E-state index contributed by atoms with van der Waals surface area (Å²) in [5.41, 5.74) is 2.31. The lowest BCUT2D eigenvalue weighted by atomic mass is 9.90. The van der Waals surface area contributed by atoms with Crippen molar-refractivity contribution in [1.29, 1.82) is 5.26 Å². The Morgan fingerprint density at radius 3 is 2.64 bits per heavy atom. The van der Waals surface area contributed by atoms with Gasteiger partial charge in [0.1, 0.15) is 11.4 Å². The van der Waals surface area contributed by atoms with Gasteiger partial charge in [-0.05, 0) is 63.4 Å². The van der Waals surface area contributed by atoms with Gasteiger partial charge in [-0.2, -0.15) is 5.26 Å². The fraction of sp³-hybridized carbons (Fsp3) is 0.357. The average Bonchev–Trinajstić information content (AvgIpc) is 2.91. The normalized spacial score (nSPS) is 17.4. The van der Waals surface area contributed by atoms with E-state index in [1.807, 2.05) is 30.3 Å².